The van der Waals surface area contributed by atoms with Crippen molar-refractivity contribution < 1.29 is 4.43 Å². The van der Waals surface area contributed by atoms with Crippen molar-refractivity contribution in [3.05, 3.63) is 29.8 Å². The number of unbranched alkanes of at least 4 members (excludes halogenated alkanes) is 1. The van der Waals surface area contributed by atoms with E-state index < -0.39 is 8.32 Å². The lowest BCUT2D eigenvalue weighted by Gasteiger charge is -2.24. The third-order valence-electron chi connectivity index (χ3n) is 2.55. The predicted molar refractivity (Wildman–Crippen MR) is 69.0 cm³/mol. The first-order valence-corrected chi connectivity index (χ1v) is 8.91. The highest BCUT2D eigenvalue weighted by atomic mass is 28.4. The molecule has 0 amide bonds. The maximum absolute atomic E-state index is 6.10. The summed E-state index contributed by atoms with van der Waals surface area (Å²) in [6.07, 6.45) is 2.54. The first kappa shape index (κ1) is 12.3. The van der Waals surface area contributed by atoms with Crippen LogP contribution in [0, 0.1) is 6.92 Å². The summed E-state index contributed by atoms with van der Waals surface area (Å²) in [6, 6.07) is 9.63. The minimum Gasteiger partial charge on any atom is -0.544 e. The highest BCUT2D eigenvalue weighted by molar-refractivity contribution is 6.71. The van der Waals surface area contributed by atoms with E-state index >= 15 is 0 Å². The molecule has 1 nitrogen and oxygen atoms in total. The molecule has 84 valence electrons. The molecule has 0 bridgehead atoms. The van der Waals surface area contributed by atoms with Gasteiger partial charge in [0.2, 0.25) is 8.32 Å². The van der Waals surface area contributed by atoms with Crippen molar-refractivity contribution in [3.8, 4) is 5.75 Å². The molecule has 0 radical (unpaired) electrons. The second-order valence-corrected chi connectivity index (χ2v) is 9.00. The first-order valence-electron chi connectivity index (χ1n) is 5.79. The maximum atomic E-state index is 6.10. The van der Waals surface area contributed by atoms with E-state index in [4.69, 9.17) is 4.43 Å². The molecule has 0 N–H and O–H groups in total. The molecular weight excluding hydrogens is 200 g/mol. The Morgan fingerprint density at radius 3 is 2.27 bits per heavy atom. The van der Waals surface area contributed by atoms with Gasteiger partial charge in [-0.15, -0.1) is 0 Å². The molecule has 0 unspecified atom stereocenters. The Morgan fingerprint density at radius 1 is 1.13 bits per heavy atom. The Morgan fingerprint density at radius 2 is 1.73 bits per heavy atom. The molecule has 0 aliphatic heterocycles. The summed E-state index contributed by atoms with van der Waals surface area (Å²) in [4.78, 5) is 0. The molecule has 0 spiro atoms. The molecule has 2 heteroatoms. The number of benzene rings is 1. The van der Waals surface area contributed by atoms with E-state index in [2.05, 4.69) is 51.2 Å². The van der Waals surface area contributed by atoms with Crippen molar-refractivity contribution >= 4 is 8.32 Å². The normalized spacial score (nSPS) is 11.5. The molecule has 1 aromatic rings. The summed E-state index contributed by atoms with van der Waals surface area (Å²) in [6.45, 7) is 8.92. The van der Waals surface area contributed by atoms with Crippen LogP contribution < -0.4 is 4.43 Å². The molecule has 0 aliphatic rings. The van der Waals surface area contributed by atoms with Gasteiger partial charge >= 0.3 is 0 Å². The third-order valence-corrected chi connectivity index (χ3v) is 4.89. The van der Waals surface area contributed by atoms with Crippen molar-refractivity contribution in [2.24, 2.45) is 0 Å². The molecule has 15 heavy (non-hydrogen) atoms. The summed E-state index contributed by atoms with van der Waals surface area (Å²) in [7, 11) is -1.48. The van der Waals surface area contributed by atoms with Crippen LogP contribution in [-0.2, 0) is 0 Å². The van der Waals surface area contributed by atoms with Gasteiger partial charge in [-0.3, -0.25) is 0 Å². The van der Waals surface area contributed by atoms with Gasteiger partial charge < -0.3 is 4.43 Å². The molecule has 1 rings (SSSR count). The topological polar surface area (TPSA) is 9.23 Å². The average Bonchev–Trinajstić information content (AvgIpc) is 2.18. The highest BCUT2D eigenvalue weighted by Gasteiger charge is 2.23. The SMILES string of the molecule is CCCC[Si](C)(C)Oc1ccc(C)cc1. The van der Waals surface area contributed by atoms with Gasteiger partial charge in [0.15, 0.2) is 0 Å². The van der Waals surface area contributed by atoms with Crippen molar-refractivity contribution in [1.82, 2.24) is 0 Å². The fourth-order valence-corrected chi connectivity index (χ4v) is 3.66. The average molecular weight is 222 g/mol. The van der Waals surface area contributed by atoms with Crippen LogP contribution in [0.15, 0.2) is 24.3 Å². The first-order chi connectivity index (χ1) is 7.03. The van der Waals surface area contributed by atoms with Crippen LogP contribution >= 0.6 is 0 Å². The quantitative estimate of drug-likeness (QED) is 0.672. The van der Waals surface area contributed by atoms with Gasteiger partial charge in [-0.25, -0.2) is 0 Å². The number of rotatable bonds is 5. The lowest BCUT2D eigenvalue weighted by Crippen LogP contribution is -2.33. The second kappa shape index (κ2) is 5.36. The molecule has 1 aromatic carbocycles. The van der Waals surface area contributed by atoms with E-state index in [0.29, 0.717) is 0 Å². The Labute approximate surface area is 94.6 Å². The van der Waals surface area contributed by atoms with Crippen LogP contribution in [0.5, 0.6) is 5.75 Å². The highest BCUT2D eigenvalue weighted by Crippen LogP contribution is 2.20. The summed E-state index contributed by atoms with van der Waals surface area (Å²) < 4.78 is 6.10. The molecule has 0 saturated heterocycles. The fraction of sp³-hybridized carbons (Fsp3) is 0.538. The summed E-state index contributed by atoms with van der Waals surface area (Å²) in [5.41, 5.74) is 1.29. The summed E-state index contributed by atoms with van der Waals surface area (Å²) in [5, 5.41) is 0. The van der Waals surface area contributed by atoms with Gasteiger partial charge in [0, 0.05) is 0 Å². The smallest absolute Gasteiger partial charge is 0.245 e. The summed E-state index contributed by atoms with van der Waals surface area (Å²) >= 11 is 0. The molecule has 0 saturated carbocycles. The van der Waals surface area contributed by atoms with Crippen LogP contribution in [0.3, 0.4) is 0 Å². The molecular formula is C13H22OSi. The minimum absolute atomic E-state index is 1.04. The number of hydrogen-bond donors (Lipinski definition) is 0. The van der Waals surface area contributed by atoms with Crippen LogP contribution in [0.4, 0.5) is 0 Å². The van der Waals surface area contributed by atoms with Crippen molar-refractivity contribution in [1.29, 1.82) is 0 Å². The van der Waals surface area contributed by atoms with Crippen molar-refractivity contribution in [2.75, 3.05) is 0 Å². The van der Waals surface area contributed by atoms with Gasteiger partial charge in [-0.05, 0) is 38.2 Å². The lowest BCUT2D eigenvalue weighted by atomic mass is 10.2. The molecule has 0 fully saturated rings. The van der Waals surface area contributed by atoms with Gasteiger partial charge in [0.25, 0.3) is 0 Å². The largest absolute Gasteiger partial charge is 0.544 e. The van der Waals surface area contributed by atoms with E-state index in [1.807, 2.05) is 0 Å². The molecule has 0 aromatic heterocycles. The van der Waals surface area contributed by atoms with Gasteiger partial charge in [-0.2, -0.15) is 0 Å². The standard InChI is InChI=1S/C13H22OSi/c1-5-6-11-15(3,4)14-13-9-7-12(2)8-10-13/h7-10H,5-6,11H2,1-4H3. The van der Waals surface area contributed by atoms with Gasteiger partial charge in [0.1, 0.15) is 5.75 Å². The predicted octanol–water partition coefficient (Wildman–Crippen LogP) is 4.38. The molecule has 0 atom stereocenters. The van der Waals surface area contributed by atoms with Crippen LogP contribution in [0.2, 0.25) is 19.1 Å². The minimum atomic E-state index is -1.48. The van der Waals surface area contributed by atoms with Gasteiger partial charge in [0.05, 0.1) is 0 Å². The number of aryl methyl sites for hydroxylation is 1. The molecule has 0 heterocycles. The Balaban J connectivity index is 2.56. The zero-order valence-corrected chi connectivity index (χ0v) is 11.3. The van der Waals surface area contributed by atoms with Crippen LogP contribution in [-0.4, -0.2) is 8.32 Å². The second-order valence-electron chi connectivity index (χ2n) is 4.78. The van der Waals surface area contributed by atoms with Gasteiger partial charge in [-0.1, -0.05) is 37.5 Å². The Hall–Kier alpha value is -0.763. The molecule has 0 aliphatic carbocycles. The van der Waals surface area contributed by atoms with E-state index in [1.54, 1.807) is 0 Å². The van der Waals surface area contributed by atoms with Crippen molar-refractivity contribution in [3.63, 3.8) is 0 Å². The Bertz CT molecular complexity index is 290. The monoisotopic (exact) mass is 222 g/mol. The third kappa shape index (κ3) is 4.52. The number of hydrogen-bond acceptors (Lipinski definition) is 1. The van der Waals surface area contributed by atoms with Crippen LogP contribution in [0.25, 0.3) is 0 Å². The zero-order chi connectivity index (χ0) is 11.3. The summed E-state index contributed by atoms with van der Waals surface area (Å²) in [5.74, 6) is 1.04. The van der Waals surface area contributed by atoms with E-state index in [0.717, 1.165) is 5.75 Å². The van der Waals surface area contributed by atoms with E-state index in [-0.39, 0.29) is 0 Å². The maximum Gasteiger partial charge on any atom is 0.245 e. The lowest BCUT2D eigenvalue weighted by molar-refractivity contribution is 0.542. The van der Waals surface area contributed by atoms with E-state index in [1.165, 1.54) is 24.4 Å². The van der Waals surface area contributed by atoms with Crippen molar-refractivity contribution in [2.45, 2.75) is 45.8 Å². The Kier molecular flexibility index (Phi) is 4.39. The van der Waals surface area contributed by atoms with E-state index in [9.17, 15) is 0 Å². The van der Waals surface area contributed by atoms with Crippen LogP contribution in [0.1, 0.15) is 25.3 Å². The zero-order valence-electron chi connectivity index (χ0n) is 10.3. The fourth-order valence-electron chi connectivity index (χ4n) is 1.58.